The summed E-state index contributed by atoms with van der Waals surface area (Å²) in [6.45, 7) is 4.88. The molecular formula is C24H27N3O3. The summed E-state index contributed by atoms with van der Waals surface area (Å²) >= 11 is 0. The van der Waals surface area contributed by atoms with Crippen molar-refractivity contribution in [2.75, 3.05) is 38.2 Å². The Kier molecular flexibility index (Phi) is 6.35. The first-order chi connectivity index (χ1) is 14.7. The standard InChI is InChI=1S/C24H27N3O3/c1-29-22-10-6-5-9-21(22)27-15-13-26(14-16-27)18-20-11-12-23(30-20)24(28)25-17-19-7-3-2-4-8-19/h2-12H,13-18H2,1H3,(H,25,28). The van der Waals surface area contributed by atoms with Crippen LogP contribution in [0, 0.1) is 0 Å². The van der Waals surface area contributed by atoms with Gasteiger partial charge in [-0.2, -0.15) is 0 Å². The van der Waals surface area contributed by atoms with Gasteiger partial charge >= 0.3 is 0 Å². The van der Waals surface area contributed by atoms with E-state index >= 15 is 0 Å². The fourth-order valence-electron chi connectivity index (χ4n) is 3.71. The highest BCUT2D eigenvalue weighted by Crippen LogP contribution is 2.28. The number of carbonyl (C=O) groups is 1. The van der Waals surface area contributed by atoms with Crippen molar-refractivity contribution >= 4 is 11.6 Å². The molecule has 2 heterocycles. The molecular weight excluding hydrogens is 378 g/mol. The van der Waals surface area contributed by atoms with Crippen molar-refractivity contribution in [1.82, 2.24) is 10.2 Å². The van der Waals surface area contributed by atoms with Crippen molar-refractivity contribution in [3.8, 4) is 5.75 Å². The number of benzene rings is 2. The van der Waals surface area contributed by atoms with Crippen LogP contribution in [0.2, 0.25) is 0 Å². The van der Waals surface area contributed by atoms with Gasteiger partial charge in [-0.15, -0.1) is 0 Å². The number of para-hydroxylation sites is 2. The zero-order valence-corrected chi connectivity index (χ0v) is 17.2. The van der Waals surface area contributed by atoms with Gasteiger partial charge in [-0.05, 0) is 29.8 Å². The first-order valence-electron chi connectivity index (χ1n) is 10.2. The fraction of sp³-hybridized carbons (Fsp3) is 0.292. The molecule has 1 aliphatic heterocycles. The molecule has 0 atom stereocenters. The molecule has 0 spiro atoms. The molecule has 0 unspecified atom stereocenters. The summed E-state index contributed by atoms with van der Waals surface area (Å²) in [7, 11) is 1.71. The van der Waals surface area contributed by atoms with E-state index in [1.807, 2.05) is 54.6 Å². The van der Waals surface area contributed by atoms with Crippen molar-refractivity contribution in [1.29, 1.82) is 0 Å². The van der Waals surface area contributed by atoms with E-state index in [1.165, 1.54) is 0 Å². The van der Waals surface area contributed by atoms with Crippen molar-refractivity contribution in [3.63, 3.8) is 0 Å². The van der Waals surface area contributed by atoms with Crippen LogP contribution in [0.1, 0.15) is 21.9 Å². The molecule has 0 aliphatic carbocycles. The Morgan fingerprint density at radius 2 is 1.70 bits per heavy atom. The lowest BCUT2D eigenvalue weighted by Gasteiger charge is -2.36. The quantitative estimate of drug-likeness (QED) is 0.652. The number of rotatable bonds is 7. The number of furan rings is 1. The summed E-state index contributed by atoms with van der Waals surface area (Å²) in [4.78, 5) is 17.0. The maximum Gasteiger partial charge on any atom is 0.287 e. The van der Waals surface area contributed by atoms with Crippen molar-refractivity contribution in [2.45, 2.75) is 13.1 Å². The van der Waals surface area contributed by atoms with E-state index < -0.39 is 0 Å². The topological polar surface area (TPSA) is 58.0 Å². The SMILES string of the molecule is COc1ccccc1N1CCN(Cc2ccc(C(=O)NCc3ccccc3)o2)CC1. The second kappa shape index (κ2) is 9.50. The lowest BCUT2D eigenvalue weighted by molar-refractivity contribution is 0.0919. The van der Waals surface area contributed by atoms with Gasteiger partial charge in [0.1, 0.15) is 11.5 Å². The van der Waals surface area contributed by atoms with Crippen LogP contribution in [-0.4, -0.2) is 44.1 Å². The Morgan fingerprint density at radius 3 is 2.47 bits per heavy atom. The molecule has 4 rings (SSSR count). The number of nitrogens with zero attached hydrogens (tertiary/aromatic N) is 2. The van der Waals surface area contributed by atoms with Gasteiger partial charge in [-0.1, -0.05) is 42.5 Å². The zero-order valence-electron chi connectivity index (χ0n) is 17.2. The summed E-state index contributed by atoms with van der Waals surface area (Å²) in [5.41, 5.74) is 2.19. The largest absolute Gasteiger partial charge is 0.495 e. The number of hydrogen-bond acceptors (Lipinski definition) is 5. The first-order valence-corrected chi connectivity index (χ1v) is 10.2. The van der Waals surface area contributed by atoms with E-state index in [2.05, 4.69) is 21.2 Å². The van der Waals surface area contributed by atoms with Gasteiger partial charge in [-0.25, -0.2) is 0 Å². The maximum atomic E-state index is 12.3. The normalized spacial score (nSPS) is 14.5. The molecule has 156 valence electrons. The molecule has 2 aromatic carbocycles. The van der Waals surface area contributed by atoms with Gasteiger partial charge in [0.2, 0.25) is 0 Å². The van der Waals surface area contributed by atoms with Gasteiger partial charge < -0.3 is 19.4 Å². The number of hydrogen-bond donors (Lipinski definition) is 1. The second-order valence-corrected chi connectivity index (χ2v) is 7.37. The Bertz CT molecular complexity index is 963. The van der Waals surface area contributed by atoms with Crippen LogP contribution in [-0.2, 0) is 13.1 Å². The van der Waals surface area contributed by atoms with E-state index in [0.717, 1.165) is 48.9 Å². The molecule has 6 heteroatoms. The van der Waals surface area contributed by atoms with Gasteiger partial charge in [0.05, 0.1) is 19.3 Å². The Hall–Kier alpha value is -3.25. The molecule has 1 N–H and O–H groups in total. The monoisotopic (exact) mass is 405 g/mol. The minimum Gasteiger partial charge on any atom is -0.495 e. The summed E-state index contributed by atoms with van der Waals surface area (Å²) in [5.74, 6) is 1.88. The molecule has 30 heavy (non-hydrogen) atoms. The van der Waals surface area contributed by atoms with Crippen LogP contribution in [0.3, 0.4) is 0 Å². The van der Waals surface area contributed by atoms with Crippen LogP contribution in [0.25, 0.3) is 0 Å². The molecule has 1 saturated heterocycles. The van der Waals surface area contributed by atoms with Crippen LogP contribution in [0.5, 0.6) is 5.75 Å². The Morgan fingerprint density at radius 1 is 0.967 bits per heavy atom. The van der Waals surface area contributed by atoms with Crippen molar-refractivity contribution < 1.29 is 13.9 Å². The number of nitrogens with one attached hydrogen (secondary N) is 1. The molecule has 1 aliphatic rings. The predicted octanol–water partition coefficient (Wildman–Crippen LogP) is 3.54. The summed E-state index contributed by atoms with van der Waals surface area (Å²) in [6, 6.07) is 21.6. The minimum absolute atomic E-state index is 0.189. The number of piperazine rings is 1. The predicted molar refractivity (Wildman–Crippen MR) is 117 cm³/mol. The third-order valence-corrected chi connectivity index (χ3v) is 5.36. The zero-order chi connectivity index (χ0) is 20.8. The summed E-state index contributed by atoms with van der Waals surface area (Å²) in [6.07, 6.45) is 0. The number of carbonyl (C=O) groups excluding carboxylic acids is 1. The molecule has 1 amide bonds. The highest BCUT2D eigenvalue weighted by atomic mass is 16.5. The molecule has 1 aromatic heterocycles. The third kappa shape index (κ3) is 4.83. The Balaban J connectivity index is 1.28. The van der Waals surface area contributed by atoms with Gasteiger partial charge in [0.15, 0.2) is 5.76 Å². The molecule has 6 nitrogen and oxygen atoms in total. The van der Waals surface area contributed by atoms with Gasteiger partial charge in [0, 0.05) is 32.7 Å². The lowest BCUT2D eigenvalue weighted by Crippen LogP contribution is -2.46. The van der Waals surface area contributed by atoms with E-state index in [1.54, 1.807) is 13.2 Å². The smallest absolute Gasteiger partial charge is 0.287 e. The van der Waals surface area contributed by atoms with Crippen LogP contribution >= 0.6 is 0 Å². The molecule has 0 radical (unpaired) electrons. The van der Waals surface area contributed by atoms with Gasteiger partial charge in [-0.3, -0.25) is 9.69 Å². The van der Waals surface area contributed by atoms with Crippen LogP contribution in [0.4, 0.5) is 5.69 Å². The van der Waals surface area contributed by atoms with Crippen LogP contribution < -0.4 is 15.0 Å². The van der Waals surface area contributed by atoms with E-state index in [0.29, 0.717) is 18.8 Å². The number of amides is 1. The Labute approximate surface area is 177 Å². The molecule has 3 aromatic rings. The maximum absolute atomic E-state index is 12.3. The van der Waals surface area contributed by atoms with Gasteiger partial charge in [0.25, 0.3) is 5.91 Å². The van der Waals surface area contributed by atoms with E-state index in [4.69, 9.17) is 9.15 Å². The molecule has 0 saturated carbocycles. The third-order valence-electron chi connectivity index (χ3n) is 5.36. The van der Waals surface area contributed by atoms with E-state index in [9.17, 15) is 4.79 Å². The van der Waals surface area contributed by atoms with Crippen LogP contribution in [0.15, 0.2) is 71.1 Å². The highest BCUT2D eigenvalue weighted by Gasteiger charge is 2.21. The lowest BCUT2D eigenvalue weighted by atomic mass is 10.2. The number of ether oxygens (including phenoxy) is 1. The number of anilines is 1. The molecule has 1 fully saturated rings. The highest BCUT2D eigenvalue weighted by molar-refractivity contribution is 5.91. The summed E-state index contributed by atoms with van der Waals surface area (Å²) < 4.78 is 11.3. The number of methoxy groups -OCH3 is 1. The average Bonchev–Trinajstić information content (AvgIpc) is 3.27. The minimum atomic E-state index is -0.189. The summed E-state index contributed by atoms with van der Waals surface area (Å²) in [5, 5.41) is 2.90. The van der Waals surface area contributed by atoms with E-state index in [-0.39, 0.29) is 5.91 Å². The van der Waals surface area contributed by atoms with Crippen molar-refractivity contribution in [3.05, 3.63) is 83.8 Å². The average molecular weight is 405 g/mol. The fourth-order valence-corrected chi connectivity index (χ4v) is 3.71. The molecule has 0 bridgehead atoms. The van der Waals surface area contributed by atoms with Crippen molar-refractivity contribution in [2.24, 2.45) is 0 Å². The second-order valence-electron chi connectivity index (χ2n) is 7.37. The first kappa shape index (κ1) is 20.0.